The number of rotatable bonds is 8. The van der Waals surface area contributed by atoms with Gasteiger partial charge in [-0.05, 0) is 42.5 Å². The zero-order valence-corrected chi connectivity index (χ0v) is 21.5. The van der Waals surface area contributed by atoms with Crippen LogP contribution in [0.2, 0.25) is 0 Å². The fourth-order valence-corrected chi connectivity index (χ4v) is 4.79. The number of fused-ring (bicyclic) bond motifs is 2. The molecule has 200 valence electrons. The number of nitrogens with one attached hydrogen (secondary N) is 2. The van der Waals surface area contributed by atoms with Crippen molar-refractivity contribution in [1.29, 1.82) is 0 Å². The Labute approximate surface area is 231 Å². The van der Waals surface area contributed by atoms with Crippen molar-refractivity contribution in [2.24, 2.45) is 0 Å². The zero-order chi connectivity index (χ0) is 28.2. The summed E-state index contributed by atoms with van der Waals surface area (Å²) >= 11 is 0.428. The van der Waals surface area contributed by atoms with E-state index in [0.717, 1.165) is 0 Å². The van der Waals surface area contributed by atoms with Gasteiger partial charge in [0.25, 0.3) is 11.7 Å². The van der Waals surface area contributed by atoms with Crippen molar-refractivity contribution in [1.82, 2.24) is 0 Å². The van der Waals surface area contributed by atoms with Gasteiger partial charge in [0.15, 0.2) is 18.2 Å². The predicted molar refractivity (Wildman–Crippen MR) is 147 cm³/mol. The van der Waals surface area contributed by atoms with Crippen LogP contribution >= 0.6 is 11.8 Å². The van der Waals surface area contributed by atoms with Crippen LogP contribution in [-0.4, -0.2) is 35.8 Å². The molecule has 10 heteroatoms. The second-order valence-electron chi connectivity index (χ2n) is 8.63. The minimum Gasteiger partial charge on any atom is -0.452 e. The second kappa shape index (κ2) is 11.5. The van der Waals surface area contributed by atoms with Crippen LogP contribution in [0.25, 0.3) is 0 Å². The van der Waals surface area contributed by atoms with E-state index in [-0.39, 0.29) is 39.5 Å². The van der Waals surface area contributed by atoms with Crippen LogP contribution in [0.15, 0.2) is 95.9 Å². The monoisotopic (exact) mass is 558 g/mol. The molecule has 4 aromatic carbocycles. The van der Waals surface area contributed by atoms with E-state index < -0.39 is 24.2 Å². The van der Waals surface area contributed by atoms with Crippen LogP contribution < -0.4 is 10.6 Å². The first-order valence-corrected chi connectivity index (χ1v) is 12.9. The first-order valence-electron chi connectivity index (χ1n) is 12.0. The van der Waals surface area contributed by atoms with Gasteiger partial charge in [-0.3, -0.25) is 14.4 Å². The number of thioether (sulfide) groups is 1. The van der Waals surface area contributed by atoms with Crippen molar-refractivity contribution in [2.45, 2.75) is 10.7 Å². The lowest BCUT2D eigenvalue weighted by molar-refractivity contribution is -0.119. The summed E-state index contributed by atoms with van der Waals surface area (Å²) < 4.78 is 30.3. The summed E-state index contributed by atoms with van der Waals surface area (Å²) in [5.74, 6) is -4.71. The van der Waals surface area contributed by atoms with E-state index in [9.17, 15) is 28.0 Å². The molecule has 40 heavy (non-hydrogen) atoms. The molecule has 0 saturated heterocycles. The fourth-order valence-electron chi connectivity index (χ4n) is 4.29. The Morgan fingerprint density at radius 3 is 2.10 bits per heavy atom. The lowest BCUT2D eigenvalue weighted by atomic mass is 9.83. The van der Waals surface area contributed by atoms with Crippen molar-refractivity contribution >= 4 is 52.3 Å². The van der Waals surface area contributed by atoms with Crippen molar-refractivity contribution in [3.05, 3.63) is 119 Å². The van der Waals surface area contributed by atoms with Gasteiger partial charge in [0.2, 0.25) is 0 Å². The number of ketones is 2. The molecule has 1 amide bonds. The van der Waals surface area contributed by atoms with Crippen LogP contribution in [-0.2, 0) is 9.53 Å². The first-order chi connectivity index (χ1) is 19.3. The Bertz CT molecular complexity index is 1640. The number of anilines is 3. The van der Waals surface area contributed by atoms with Crippen LogP contribution in [0.1, 0.15) is 42.2 Å². The third kappa shape index (κ3) is 5.62. The van der Waals surface area contributed by atoms with E-state index in [1.165, 1.54) is 30.3 Å². The average molecular weight is 559 g/mol. The van der Waals surface area contributed by atoms with Crippen LogP contribution in [0, 0.1) is 0 Å². The van der Waals surface area contributed by atoms with Crippen molar-refractivity contribution in [3.8, 4) is 0 Å². The van der Waals surface area contributed by atoms with Crippen LogP contribution in [0.3, 0.4) is 0 Å². The number of halogens is 2. The summed E-state index contributed by atoms with van der Waals surface area (Å²) in [6.45, 7) is -0.644. The maximum Gasteiger partial charge on any atom is 0.340 e. The van der Waals surface area contributed by atoms with Gasteiger partial charge in [-0.25, -0.2) is 4.79 Å². The highest BCUT2D eigenvalue weighted by atomic mass is 32.2. The van der Waals surface area contributed by atoms with Gasteiger partial charge in [-0.1, -0.05) is 60.3 Å². The van der Waals surface area contributed by atoms with E-state index in [0.29, 0.717) is 33.6 Å². The minimum atomic E-state index is -2.53. The summed E-state index contributed by atoms with van der Waals surface area (Å²) in [7, 11) is 0. The van der Waals surface area contributed by atoms with E-state index in [4.69, 9.17) is 4.74 Å². The van der Waals surface area contributed by atoms with Crippen LogP contribution in [0.4, 0.5) is 25.8 Å². The maximum atomic E-state index is 13.1. The number of hydrogen-bond acceptors (Lipinski definition) is 7. The molecule has 0 radical (unpaired) electrons. The maximum absolute atomic E-state index is 13.1. The molecule has 0 spiro atoms. The second-order valence-corrected chi connectivity index (χ2v) is 9.69. The van der Waals surface area contributed by atoms with Gasteiger partial charge in [-0.2, -0.15) is 8.78 Å². The Balaban J connectivity index is 1.26. The third-order valence-electron chi connectivity index (χ3n) is 6.07. The number of esters is 1. The van der Waals surface area contributed by atoms with E-state index in [2.05, 4.69) is 10.6 Å². The average Bonchev–Trinajstić information content (AvgIpc) is 2.95. The quantitative estimate of drug-likeness (QED) is 0.170. The molecule has 0 unspecified atom stereocenters. The zero-order valence-electron chi connectivity index (χ0n) is 20.7. The SMILES string of the molecule is O=C(COC(=O)c1ccccc1Nc1ccc(SC(F)F)cc1)Nc1cccc2c1C(=O)c1ccccc1C2=O. The predicted octanol–water partition coefficient (Wildman–Crippen LogP) is 6.32. The molecule has 1 aliphatic rings. The molecule has 7 nitrogen and oxygen atoms in total. The number of carbonyl (C=O) groups is 4. The molecule has 5 rings (SSSR count). The topological polar surface area (TPSA) is 102 Å². The Hall–Kier alpha value is -4.83. The van der Waals surface area contributed by atoms with Gasteiger partial charge < -0.3 is 15.4 Å². The lowest BCUT2D eigenvalue weighted by Crippen LogP contribution is -2.26. The highest BCUT2D eigenvalue weighted by molar-refractivity contribution is 7.99. The highest BCUT2D eigenvalue weighted by Gasteiger charge is 2.31. The molecule has 1 aliphatic carbocycles. The molecule has 0 saturated carbocycles. The van der Waals surface area contributed by atoms with Crippen LogP contribution in [0.5, 0.6) is 0 Å². The smallest absolute Gasteiger partial charge is 0.340 e. The number of carbonyl (C=O) groups excluding carboxylic acids is 4. The molecule has 0 atom stereocenters. The molecular formula is C30H20F2N2O5S. The fraction of sp³-hybridized carbons (Fsp3) is 0.0667. The molecule has 0 fully saturated rings. The Morgan fingerprint density at radius 2 is 1.38 bits per heavy atom. The summed E-state index contributed by atoms with van der Waals surface area (Å²) in [5, 5.41) is 5.62. The normalized spacial score (nSPS) is 12.0. The molecule has 0 heterocycles. The van der Waals surface area contributed by atoms with Gasteiger partial charge >= 0.3 is 5.97 Å². The number of benzene rings is 4. The van der Waals surface area contributed by atoms with E-state index in [1.54, 1.807) is 60.7 Å². The molecule has 4 aromatic rings. The summed E-state index contributed by atoms with van der Waals surface area (Å²) in [6.07, 6.45) is 0. The summed E-state index contributed by atoms with van der Waals surface area (Å²) in [5.41, 5.74) is 2.05. The highest BCUT2D eigenvalue weighted by Crippen LogP contribution is 2.32. The Kier molecular flexibility index (Phi) is 7.70. The number of para-hydroxylation sites is 1. The third-order valence-corrected chi connectivity index (χ3v) is 6.79. The lowest BCUT2D eigenvalue weighted by Gasteiger charge is -2.20. The number of amides is 1. The van der Waals surface area contributed by atoms with E-state index >= 15 is 0 Å². The minimum absolute atomic E-state index is 0.0818. The van der Waals surface area contributed by atoms with Crippen molar-refractivity contribution in [3.63, 3.8) is 0 Å². The number of hydrogen-bond donors (Lipinski definition) is 2. The summed E-state index contributed by atoms with van der Waals surface area (Å²) in [6, 6.07) is 23.8. The number of ether oxygens (including phenoxy) is 1. The van der Waals surface area contributed by atoms with Gasteiger partial charge in [-0.15, -0.1) is 0 Å². The number of alkyl halides is 2. The van der Waals surface area contributed by atoms with Crippen molar-refractivity contribution in [2.75, 3.05) is 17.2 Å². The van der Waals surface area contributed by atoms with Gasteiger partial charge in [0, 0.05) is 27.3 Å². The largest absolute Gasteiger partial charge is 0.452 e. The molecule has 0 bridgehead atoms. The molecule has 0 aromatic heterocycles. The first kappa shape index (κ1) is 26.8. The molecular weight excluding hydrogens is 538 g/mol. The van der Waals surface area contributed by atoms with E-state index in [1.807, 2.05) is 0 Å². The molecule has 2 N–H and O–H groups in total. The van der Waals surface area contributed by atoms with Gasteiger partial charge in [0.05, 0.1) is 22.5 Å². The Morgan fingerprint density at radius 1 is 0.750 bits per heavy atom. The van der Waals surface area contributed by atoms with Gasteiger partial charge in [0.1, 0.15) is 0 Å². The standard InChI is InChI=1S/C30H20F2N2O5S/c31-30(32)40-18-14-12-17(13-15-18)33-23-10-4-3-8-21(23)29(38)39-16-25(35)34-24-11-5-9-22-26(24)28(37)20-7-2-1-6-19(20)27(22)36/h1-15,30,33H,16H2,(H,34,35). The molecule has 0 aliphatic heterocycles. The van der Waals surface area contributed by atoms with Crippen molar-refractivity contribution < 1.29 is 32.7 Å². The summed E-state index contributed by atoms with van der Waals surface area (Å²) in [4.78, 5) is 52.0.